The van der Waals surface area contributed by atoms with E-state index in [0.717, 1.165) is 13.0 Å². The van der Waals surface area contributed by atoms with Gasteiger partial charge in [-0.1, -0.05) is 13.3 Å². The molecule has 0 saturated carbocycles. The highest BCUT2D eigenvalue weighted by atomic mass is 16.7. The van der Waals surface area contributed by atoms with Gasteiger partial charge in [-0.3, -0.25) is 0 Å². The lowest BCUT2D eigenvalue weighted by atomic mass is 9.94. The molecule has 1 aliphatic rings. The van der Waals surface area contributed by atoms with Crippen LogP contribution in [0.3, 0.4) is 0 Å². The van der Waals surface area contributed by atoms with Crippen molar-refractivity contribution in [3.63, 3.8) is 0 Å². The normalized spacial score (nSPS) is 25.5. The number of hydrazone groups is 1. The Labute approximate surface area is 94.4 Å². The van der Waals surface area contributed by atoms with Gasteiger partial charge < -0.3 is 15.4 Å². The summed E-state index contributed by atoms with van der Waals surface area (Å²) in [5, 5.41) is 18.2. The molecule has 1 saturated heterocycles. The van der Waals surface area contributed by atoms with Crippen molar-refractivity contribution in [2.24, 2.45) is 16.9 Å². The molecule has 2 N–H and O–H groups in total. The third-order valence-electron chi connectivity index (χ3n) is 2.81. The van der Waals surface area contributed by atoms with E-state index in [9.17, 15) is 10.1 Å². The van der Waals surface area contributed by atoms with E-state index in [-0.39, 0.29) is 5.96 Å². The first-order valence-corrected chi connectivity index (χ1v) is 5.39. The lowest BCUT2D eigenvalue weighted by Gasteiger charge is -2.16. The topological polar surface area (TPSA) is 88.8 Å². The van der Waals surface area contributed by atoms with Crippen LogP contribution < -0.4 is 10.6 Å². The van der Waals surface area contributed by atoms with Crippen molar-refractivity contribution < 1.29 is 9.77 Å². The molecule has 0 radical (unpaired) electrons. The number of rotatable bonds is 4. The number of guanidine groups is 1. The third kappa shape index (κ3) is 3.65. The maximum absolute atomic E-state index is 10.2. The molecule has 0 aromatic heterocycles. The predicted molar refractivity (Wildman–Crippen MR) is 59.6 cm³/mol. The molecular formula is C9H18N4O3. The minimum atomic E-state index is -0.721. The predicted octanol–water partition coefficient (Wildman–Crippen LogP) is 0.0157. The van der Waals surface area contributed by atoms with Gasteiger partial charge in [0.15, 0.2) is 5.03 Å². The first kappa shape index (κ1) is 12.7. The van der Waals surface area contributed by atoms with E-state index in [2.05, 4.69) is 22.7 Å². The zero-order chi connectivity index (χ0) is 12.0. The van der Waals surface area contributed by atoms with Gasteiger partial charge in [0.2, 0.25) is 0 Å². The number of nitrogens with one attached hydrogen (secondary N) is 2. The Morgan fingerprint density at radius 2 is 2.25 bits per heavy atom. The van der Waals surface area contributed by atoms with Crippen LogP contribution in [0.4, 0.5) is 0 Å². The smallest absolute Gasteiger partial charge is 0.268 e. The lowest BCUT2D eigenvalue weighted by Crippen LogP contribution is -2.39. The lowest BCUT2D eigenvalue weighted by molar-refractivity contribution is -0.485. The van der Waals surface area contributed by atoms with E-state index in [1.54, 1.807) is 7.05 Å². The van der Waals surface area contributed by atoms with Crippen molar-refractivity contribution in [2.45, 2.75) is 13.3 Å². The second-order valence-electron chi connectivity index (χ2n) is 3.78. The summed E-state index contributed by atoms with van der Waals surface area (Å²) in [5.41, 5.74) is 0. The fraction of sp³-hybridized carbons (Fsp3) is 0.889. The Morgan fingerprint density at radius 1 is 1.56 bits per heavy atom. The van der Waals surface area contributed by atoms with E-state index in [4.69, 9.17) is 4.74 Å². The van der Waals surface area contributed by atoms with Gasteiger partial charge in [-0.05, 0) is 5.92 Å². The zero-order valence-electron chi connectivity index (χ0n) is 9.60. The third-order valence-corrected chi connectivity index (χ3v) is 2.81. The molecule has 1 heterocycles. The van der Waals surface area contributed by atoms with Crippen LogP contribution in [-0.2, 0) is 4.74 Å². The summed E-state index contributed by atoms with van der Waals surface area (Å²) in [5.74, 6) is 1.11. The maximum atomic E-state index is 10.2. The molecule has 7 heteroatoms. The van der Waals surface area contributed by atoms with Crippen molar-refractivity contribution in [3.05, 3.63) is 10.1 Å². The van der Waals surface area contributed by atoms with Crippen LogP contribution in [0.25, 0.3) is 0 Å². The maximum Gasteiger partial charge on any atom is 0.268 e. The largest absolute Gasteiger partial charge is 0.381 e. The molecule has 2 atom stereocenters. The first-order chi connectivity index (χ1) is 7.67. The van der Waals surface area contributed by atoms with Crippen LogP contribution in [0.5, 0.6) is 0 Å². The van der Waals surface area contributed by atoms with Crippen LogP contribution in [0.15, 0.2) is 5.10 Å². The molecule has 0 aromatic rings. The molecule has 1 aliphatic heterocycles. The zero-order valence-corrected chi connectivity index (χ0v) is 9.60. The highest BCUT2D eigenvalue weighted by Gasteiger charge is 2.26. The van der Waals surface area contributed by atoms with Crippen molar-refractivity contribution in [1.82, 2.24) is 10.6 Å². The van der Waals surface area contributed by atoms with Crippen LogP contribution in [0.1, 0.15) is 13.3 Å². The van der Waals surface area contributed by atoms with Crippen molar-refractivity contribution >= 4 is 5.96 Å². The summed E-state index contributed by atoms with van der Waals surface area (Å²) in [6.07, 6.45) is 1.06. The second-order valence-corrected chi connectivity index (χ2v) is 3.78. The van der Waals surface area contributed by atoms with Crippen LogP contribution >= 0.6 is 0 Å². The van der Waals surface area contributed by atoms with Gasteiger partial charge in [0, 0.05) is 26.1 Å². The Bertz CT molecular complexity index is 269. The molecule has 92 valence electrons. The van der Waals surface area contributed by atoms with Gasteiger partial charge in [-0.2, -0.15) is 0 Å². The number of nitrogens with zero attached hydrogens (tertiary/aromatic N) is 2. The minimum Gasteiger partial charge on any atom is -0.381 e. The summed E-state index contributed by atoms with van der Waals surface area (Å²) < 4.78 is 5.37. The van der Waals surface area contributed by atoms with Gasteiger partial charge in [-0.25, -0.2) is 10.1 Å². The number of nitro groups is 1. The molecule has 0 unspecified atom stereocenters. The molecule has 0 bridgehead atoms. The molecule has 1 rings (SSSR count). The summed E-state index contributed by atoms with van der Waals surface area (Å²) in [7, 11) is 1.60. The van der Waals surface area contributed by atoms with Crippen LogP contribution in [-0.4, -0.2) is 37.8 Å². The van der Waals surface area contributed by atoms with Gasteiger partial charge >= 0.3 is 0 Å². The molecule has 1 fully saturated rings. The second kappa shape index (κ2) is 6.26. The fourth-order valence-corrected chi connectivity index (χ4v) is 1.80. The van der Waals surface area contributed by atoms with Gasteiger partial charge in [0.25, 0.3) is 5.96 Å². The monoisotopic (exact) mass is 230 g/mol. The summed E-state index contributed by atoms with van der Waals surface area (Å²) in [6.45, 7) is 4.26. The average Bonchev–Trinajstić information content (AvgIpc) is 2.70. The number of hydrogen-bond acceptors (Lipinski definition) is 3. The van der Waals surface area contributed by atoms with E-state index in [1.165, 1.54) is 0 Å². The van der Waals surface area contributed by atoms with Crippen LogP contribution in [0, 0.1) is 22.0 Å². The van der Waals surface area contributed by atoms with E-state index in [0.29, 0.717) is 25.0 Å². The Balaban J connectivity index is 2.40. The molecular weight excluding hydrogens is 212 g/mol. The van der Waals surface area contributed by atoms with Crippen molar-refractivity contribution in [1.29, 1.82) is 0 Å². The van der Waals surface area contributed by atoms with Gasteiger partial charge in [-0.15, -0.1) is 0 Å². The number of ether oxygens (including phenoxy) is 1. The Morgan fingerprint density at radius 3 is 2.81 bits per heavy atom. The minimum absolute atomic E-state index is 0.187. The average molecular weight is 230 g/mol. The highest BCUT2D eigenvalue weighted by Crippen LogP contribution is 2.22. The molecule has 0 spiro atoms. The Hall–Kier alpha value is -1.37. The van der Waals surface area contributed by atoms with E-state index >= 15 is 0 Å². The summed E-state index contributed by atoms with van der Waals surface area (Å²) in [4.78, 5) is 10.2. The van der Waals surface area contributed by atoms with Crippen molar-refractivity contribution in [3.8, 4) is 0 Å². The molecule has 0 amide bonds. The molecule has 16 heavy (non-hydrogen) atoms. The van der Waals surface area contributed by atoms with Gasteiger partial charge in [0.1, 0.15) is 5.10 Å². The quantitative estimate of drug-likeness (QED) is 0.307. The summed E-state index contributed by atoms with van der Waals surface area (Å²) >= 11 is 0. The highest BCUT2D eigenvalue weighted by molar-refractivity contribution is 5.78. The summed E-state index contributed by atoms with van der Waals surface area (Å²) in [6, 6.07) is 0. The fourth-order valence-electron chi connectivity index (χ4n) is 1.80. The van der Waals surface area contributed by atoms with E-state index in [1.807, 2.05) is 0 Å². The molecule has 7 nitrogen and oxygen atoms in total. The van der Waals surface area contributed by atoms with E-state index < -0.39 is 5.03 Å². The Kier molecular flexibility index (Phi) is 4.97. The van der Waals surface area contributed by atoms with Gasteiger partial charge in [0.05, 0.1) is 6.61 Å². The van der Waals surface area contributed by atoms with Crippen LogP contribution in [0.2, 0.25) is 0 Å². The molecule has 0 aliphatic carbocycles. The molecule has 0 aromatic carbocycles. The van der Waals surface area contributed by atoms with Crippen molar-refractivity contribution in [2.75, 3.05) is 26.8 Å². The first-order valence-electron chi connectivity index (χ1n) is 5.39. The standard InChI is InChI=1S/C9H18N4O3/c1-3-7-5-16-6-8(7)4-11-9(10-2)12-13(14)15/h7-8H,3-6H2,1-2H3,(H2,10,11,12)/t7-,8-/m1/s1. The SMILES string of the molecule is CC[C@@H]1COC[C@H]1CN/C(=N/[N+](=O)[O-])NC. The number of hydrogen-bond donors (Lipinski definition) is 2.